The summed E-state index contributed by atoms with van der Waals surface area (Å²) in [7, 11) is 1.60. The van der Waals surface area contributed by atoms with Crippen molar-refractivity contribution in [1.82, 2.24) is 5.32 Å². The van der Waals surface area contributed by atoms with Crippen LogP contribution in [-0.4, -0.2) is 56.7 Å². The molecule has 0 bridgehead atoms. The highest BCUT2D eigenvalue weighted by Crippen LogP contribution is 2.38. The van der Waals surface area contributed by atoms with Crippen LogP contribution in [0.4, 0.5) is 10.5 Å². The molecule has 2 saturated heterocycles. The molecule has 2 aliphatic rings. The van der Waals surface area contributed by atoms with Crippen molar-refractivity contribution in [3.8, 4) is 5.75 Å². The molecular weight excluding hydrogens is 436 g/mol. The Hall–Kier alpha value is -1.87. The highest BCUT2D eigenvalue weighted by atomic mass is 16.8. The van der Waals surface area contributed by atoms with E-state index in [1.165, 1.54) is 38.5 Å². The maximum absolute atomic E-state index is 12.4. The van der Waals surface area contributed by atoms with Crippen LogP contribution in [0.1, 0.15) is 72.1 Å². The molecule has 192 valence electrons. The summed E-state index contributed by atoms with van der Waals surface area (Å²) in [5, 5.41) is 5.69. The lowest BCUT2D eigenvalue weighted by molar-refractivity contribution is -0.217. The number of urea groups is 1. The van der Waals surface area contributed by atoms with Crippen LogP contribution >= 0.6 is 0 Å². The first-order valence-corrected chi connectivity index (χ1v) is 12.7. The van der Waals surface area contributed by atoms with Crippen molar-refractivity contribution in [1.29, 1.82) is 0 Å². The van der Waals surface area contributed by atoms with E-state index in [1.807, 2.05) is 13.8 Å². The smallest absolute Gasteiger partial charge is 0.319 e. The number of carbonyl (C=O) groups is 1. The number of ether oxygens (including phenoxy) is 5. The average molecular weight is 479 g/mol. The highest BCUT2D eigenvalue weighted by molar-refractivity contribution is 5.89. The minimum absolute atomic E-state index is 0.294. The summed E-state index contributed by atoms with van der Waals surface area (Å²) in [4.78, 5) is 12.4. The lowest BCUT2D eigenvalue weighted by atomic mass is 10.1. The number of anilines is 1. The summed E-state index contributed by atoms with van der Waals surface area (Å²) in [5.41, 5.74) is 0.679. The molecule has 1 aromatic carbocycles. The van der Waals surface area contributed by atoms with Gasteiger partial charge in [0.05, 0.1) is 7.11 Å². The van der Waals surface area contributed by atoms with Crippen LogP contribution in [-0.2, 0) is 18.9 Å². The molecule has 0 radical (unpaired) electrons. The van der Waals surface area contributed by atoms with E-state index in [1.54, 1.807) is 31.4 Å². The Bertz CT molecular complexity index is 741. The van der Waals surface area contributed by atoms with Crippen molar-refractivity contribution in [2.45, 2.75) is 103 Å². The monoisotopic (exact) mass is 478 g/mol. The second-order valence-corrected chi connectivity index (χ2v) is 9.52. The number of hydrogen-bond donors (Lipinski definition) is 2. The minimum Gasteiger partial charge on any atom is -0.497 e. The van der Waals surface area contributed by atoms with Crippen LogP contribution in [0.25, 0.3) is 0 Å². The van der Waals surface area contributed by atoms with Gasteiger partial charge in [0.15, 0.2) is 12.1 Å². The number of amides is 2. The van der Waals surface area contributed by atoms with Gasteiger partial charge in [0.25, 0.3) is 0 Å². The van der Waals surface area contributed by atoms with Gasteiger partial charge in [-0.3, -0.25) is 0 Å². The van der Waals surface area contributed by atoms with E-state index in [4.69, 9.17) is 23.7 Å². The van der Waals surface area contributed by atoms with Gasteiger partial charge in [-0.25, -0.2) is 4.79 Å². The Morgan fingerprint density at radius 1 is 1.00 bits per heavy atom. The Balaban J connectivity index is 1.43. The fourth-order valence-electron chi connectivity index (χ4n) is 4.41. The van der Waals surface area contributed by atoms with Crippen LogP contribution < -0.4 is 15.4 Å². The molecule has 3 rings (SSSR count). The zero-order valence-corrected chi connectivity index (χ0v) is 21.1. The predicted octanol–water partition coefficient (Wildman–Crippen LogP) is 5.22. The fraction of sp³-hybridized carbons (Fsp3) is 0.731. The zero-order valence-electron chi connectivity index (χ0n) is 21.1. The first-order valence-electron chi connectivity index (χ1n) is 12.7. The first kappa shape index (κ1) is 26.7. The lowest BCUT2D eigenvalue weighted by Gasteiger charge is -2.26. The highest BCUT2D eigenvalue weighted by Gasteiger charge is 2.55. The van der Waals surface area contributed by atoms with E-state index in [-0.39, 0.29) is 24.3 Å². The van der Waals surface area contributed by atoms with Crippen molar-refractivity contribution >= 4 is 11.7 Å². The molecule has 0 saturated carbocycles. The van der Waals surface area contributed by atoms with Crippen LogP contribution in [0, 0.1) is 0 Å². The molecule has 0 aromatic heterocycles. The molecule has 0 unspecified atom stereocenters. The molecule has 34 heavy (non-hydrogen) atoms. The number of hydrogen-bond acceptors (Lipinski definition) is 6. The second-order valence-electron chi connectivity index (χ2n) is 9.52. The molecule has 2 aliphatic heterocycles. The molecule has 2 fully saturated rings. The molecule has 2 amide bonds. The van der Waals surface area contributed by atoms with E-state index >= 15 is 0 Å². The third-order valence-corrected chi connectivity index (χ3v) is 6.21. The number of benzene rings is 1. The predicted molar refractivity (Wildman–Crippen MR) is 131 cm³/mol. The van der Waals surface area contributed by atoms with Crippen LogP contribution in [0.5, 0.6) is 5.75 Å². The molecule has 8 heteroatoms. The van der Waals surface area contributed by atoms with Crippen molar-refractivity contribution in [3.05, 3.63) is 24.3 Å². The number of rotatable bonds is 14. The molecule has 4 atom stereocenters. The van der Waals surface area contributed by atoms with E-state index < -0.39 is 12.1 Å². The molecule has 8 nitrogen and oxygen atoms in total. The Morgan fingerprint density at radius 3 is 2.35 bits per heavy atom. The standard InChI is InChI=1S/C26H42N2O6/c1-5-6-7-8-9-10-11-12-17-31-22-21(32-24-23(22)33-26(2,3)34-24)18-27-25(29)28-19-13-15-20(30-4)16-14-19/h13-16,21-24H,5-12,17-18H2,1-4H3,(H2,27,28,29)/t21-,22-,23-,24-/m1/s1. The Morgan fingerprint density at radius 2 is 1.68 bits per heavy atom. The van der Waals surface area contributed by atoms with E-state index in [0.717, 1.165) is 18.6 Å². The maximum Gasteiger partial charge on any atom is 0.319 e. The molecule has 2 N–H and O–H groups in total. The summed E-state index contributed by atoms with van der Waals surface area (Å²) in [6.07, 6.45) is 8.52. The van der Waals surface area contributed by atoms with Crippen molar-refractivity contribution in [3.63, 3.8) is 0 Å². The second kappa shape index (κ2) is 13.3. The summed E-state index contributed by atoms with van der Waals surface area (Å²) in [5.74, 6) is 0.0239. The third-order valence-electron chi connectivity index (χ3n) is 6.21. The van der Waals surface area contributed by atoms with Gasteiger partial charge in [-0.2, -0.15) is 0 Å². The van der Waals surface area contributed by atoms with Gasteiger partial charge in [-0.05, 0) is 44.5 Å². The van der Waals surface area contributed by atoms with Crippen LogP contribution in [0.15, 0.2) is 24.3 Å². The third kappa shape index (κ3) is 8.12. The lowest BCUT2D eigenvalue weighted by Crippen LogP contribution is -2.44. The number of unbranched alkanes of at least 4 members (excludes halogenated alkanes) is 7. The Labute approximate surface area is 204 Å². The van der Waals surface area contributed by atoms with Crippen LogP contribution in [0.2, 0.25) is 0 Å². The molecule has 0 spiro atoms. The normalized spacial score (nSPS) is 25.2. The average Bonchev–Trinajstić information content (AvgIpc) is 3.28. The summed E-state index contributed by atoms with van der Waals surface area (Å²) in [6.45, 7) is 6.93. The minimum atomic E-state index is -0.709. The van der Waals surface area contributed by atoms with Gasteiger partial charge >= 0.3 is 6.03 Å². The molecular formula is C26H42N2O6. The summed E-state index contributed by atoms with van der Waals surface area (Å²) in [6, 6.07) is 6.85. The zero-order chi connectivity index (χ0) is 24.4. The van der Waals surface area contributed by atoms with Gasteiger partial charge in [0.1, 0.15) is 24.1 Å². The van der Waals surface area contributed by atoms with Crippen molar-refractivity contribution < 1.29 is 28.5 Å². The Kier molecular flexibility index (Phi) is 10.4. The van der Waals surface area contributed by atoms with Gasteiger partial charge in [-0.1, -0.05) is 51.9 Å². The van der Waals surface area contributed by atoms with Gasteiger partial charge in [0.2, 0.25) is 0 Å². The first-order chi connectivity index (χ1) is 16.4. The van der Waals surface area contributed by atoms with Gasteiger partial charge < -0.3 is 34.3 Å². The summed E-state index contributed by atoms with van der Waals surface area (Å²) >= 11 is 0. The number of fused-ring (bicyclic) bond motifs is 1. The largest absolute Gasteiger partial charge is 0.497 e. The van der Waals surface area contributed by atoms with Gasteiger partial charge in [0, 0.05) is 18.8 Å². The SMILES string of the molecule is CCCCCCCCCCO[C@H]1[C@H]2OC(C)(C)O[C@H]2O[C@@H]1CNC(=O)Nc1ccc(OC)cc1. The molecule has 0 aliphatic carbocycles. The molecule has 2 heterocycles. The van der Waals surface area contributed by atoms with E-state index in [9.17, 15) is 4.79 Å². The fourth-order valence-corrected chi connectivity index (χ4v) is 4.41. The topological polar surface area (TPSA) is 87.3 Å². The number of methoxy groups -OCH3 is 1. The van der Waals surface area contributed by atoms with E-state index in [2.05, 4.69) is 17.6 Å². The summed E-state index contributed by atoms with van der Waals surface area (Å²) < 4.78 is 29.4. The molecule has 1 aromatic rings. The van der Waals surface area contributed by atoms with Crippen molar-refractivity contribution in [2.75, 3.05) is 25.6 Å². The number of carbonyl (C=O) groups excluding carboxylic acids is 1. The van der Waals surface area contributed by atoms with Crippen LogP contribution in [0.3, 0.4) is 0 Å². The van der Waals surface area contributed by atoms with Crippen molar-refractivity contribution in [2.24, 2.45) is 0 Å². The number of nitrogens with one attached hydrogen (secondary N) is 2. The van der Waals surface area contributed by atoms with E-state index in [0.29, 0.717) is 18.8 Å². The van der Waals surface area contributed by atoms with Gasteiger partial charge in [-0.15, -0.1) is 0 Å². The maximum atomic E-state index is 12.4. The quantitative estimate of drug-likeness (QED) is 0.357.